The summed E-state index contributed by atoms with van der Waals surface area (Å²) in [5, 5.41) is 3.14. The van der Waals surface area contributed by atoms with Crippen LogP contribution in [0.25, 0.3) is 0 Å². The van der Waals surface area contributed by atoms with E-state index in [0.717, 1.165) is 35.0 Å². The molecule has 4 nitrogen and oxygen atoms in total. The molecule has 2 aromatic rings. The Morgan fingerprint density at radius 2 is 2.22 bits per heavy atom. The maximum atomic E-state index is 5.81. The molecule has 0 atom stereocenters. The molecule has 0 unspecified atom stereocenters. The van der Waals surface area contributed by atoms with Gasteiger partial charge in [0.15, 0.2) is 5.76 Å². The van der Waals surface area contributed by atoms with Gasteiger partial charge in [0.2, 0.25) is 0 Å². The number of hydrogen-bond acceptors (Lipinski definition) is 3. The first kappa shape index (κ1) is 12.6. The van der Waals surface area contributed by atoms with Crippen molar-refractivity contribution in [2.24, 2.45) is 4.99 Å². The second kappa shape index (κ2) is 5.23. The first-order valence-electron chi connectivity index (χ1n) is 6.02. The number of furan rings is 1. The van der Waals surface area contributed by atoms with Gasteiger partial charge in [-0.3, -0.25) is 4.99 Å². The molecule has 0 aliphatic carbocycles. The van der Waals surface area contributed by atoms with Gasteiger partial charge < -0.3 is 14.7 Å². The summed E-state index contributed by atoms with van der Waals surface area (Å²) < 4.78 is 5.81. The molecule has 0 saturated carbocycles. The van der Waals surface area contributed by atoms with Crippen LogP contribution < -0.4 is 5.32 Å². The van der Waals surface area contributed by atoms with Crippen molar-refractivity contribution < 1.29 is 4.42 Å². The molecule has 0 aliphatic rings. The molecule has 0 aromatic carbocycles. The SMILES string of the molecule is CN=C(c1cc(CNC)c(C)o1)c1cc[nH]c1C. The number of aromatic amines is 1. The lowest BCUT2D eigenvalue weighted by molar-refractivity contribution is 0.520. The molecule has 0 aliphatic heterocycles. The Morgan fingerprint density at radius 1 is 1.44 bits per heavy atom. The van der Waals surface area contributed by atoms with E-state index in [0.29, 0.717) is 0 Å². The molecule has 2 heterocycles. The molecule has 96 valence electrons. The van der Waals surface area contributed by atoms with Gasteiger partial charge in [-0.25, -0.2) is 0 Å². The van der Waals surface area contributed by atoms with E-state index >= 15 is 0 Å². The minimum Gasteiger partial charge on any atom is -0.459 e. The molecule has 18 heavy (non-hydrogen) atoms. The number of aromatic nitrogens is 1. The summed E-state index contributed by atoms with van der Waals surface area (Å²) >= 11 is 0. The van der Waals surface area contributed by atoms with Crippen LogP contribution in [0.15, 0.2) is 27.7 Å². The second-order valence-corrected chi connectivity index (χ2v) is 4.31. The van der Waals surface area contributed by atoms with Gasteiger partial charge in [-0.1, -0.05) is 0 Å². The van der Waals surface area contributed by atoms with E-state index in [4.69, 9.17) is 4.42 Å². The Labute approximate surface area is 107 Å². The van der Waals surface area contributed by atoms with Gasteiger partial charge in [0, 0.05) is 36.6 Å². The molecule has 2 rings (SSSR count). The van der Waals surface area contributed by atoms with Gasteiger partial charge in [-0.15, -0.1) is 0 Å². The monoisotopic (exact) mass is 245 g/mol. The summed E-state index contributed by atoms with van der Waals surface area (Å²) in [5.74, 6) is 1.76. The highest BCUT2D eigenvalue weighted by Gasteiger charge is 2.15. The standard InChI is InChI=1S/C14H19N3O/c1-9-12(5-6-17-9)14(16-4)13-7-11(8-15-3)10(2)18-13/h5-7,15,17H,8H2,1-4H3. The average molecular weight is 245 g/mol. The van der Waals surface area contributed by atoms with Gasteiger partial charge >= 0.3 is 0 Å². The first-order chi connectivity index (χ1) is 8.67. The number of hydrogen-bond donors (Lipinski definition) is 2. The minimum atomic E-state index is 0.804. The summed E-state index contributed by atoms with van der Waals surface area (Å²) in [6.45, 7) is 4.82. The molecule has 0 amide bonds. The van der Waals surface area contributed by atoms with Crippen LogP contribution in [0.5, 0.6) is 0 Å². The van der Waals surface area contributed by atoms with E-state index in [1.54, 1.807) is 7.05 Å². The van der Waals surface area contributed by atoms with Crippen LogP contribution in [-0.4, -0.2) is 24.8 Å². The Balaban J connectivity index is 2.41. The van der Waals surface area contributed by atoms with Crippen molar-refractivity contribution in [1.82, 2.24) is 10.3 Å². The van der Waals surface area contributed by atoms with Crippen LogP contribution in [0.2, 0.25) is 0 Å². The summed E-state index contributed by atoms with van der Waals surface area (Å²) in [7, 11) is 3.72. The summed E-state index contributed by atoms with van der Waals surface area (Å²) in [6, 6.07) is 4.08. The molecule has 0 bridgehead atoms. The molecule has 0 spiro atoms. The van der Waals surface area contributed by atoms with E-state index in [-0.39, 0.29) is 0 Å². The lowest BCUT2D eigenvalue weighted by Gasteiger charge is -2.01. The minimum absolute atomic E-state index is 0.804. The van der Waals surface area contributed by atoms with Gasteiger partial charge in [-0.05, 0) is 33.0 Å². The zero-order valence-corrected chi connectivity index (χ0v) is 11.3. The third kappa shape index (κ3) is 2.24. The number of aryl methyl sites for hydroxylation is 2. The fourth-order valence-electron chi connectivity index (χ4n) is 2.08. The fourth-order valence-corrected chi connectivity index (χ4v) is 2.08. The number of nitrogens with one attached hydrogen (secondary N) is 2. The molecule has 0 radical (unpaired) electrons. The van der Waals surface area contributed by atoms with Crippen LogP contribution in [0.4, 0.5) is 0 Å². The van der Waals surface area contributed by atoms with E-state index < -0.39 is 0 Å². The van der Waals surface area contributed by atoms with Crippen molar-refractivity contribution >= 4 is 5.71 Å². The maximum Gasteiger partial charge on any atom is 0.153 e. The van der Waals surface area contributed by atoms with Crippen LogP contribution in [-0.2, 0) is 6.54 Å². The van der Waals surface area contributed by atoms with Crippen molar-refractivity contribution in [2.75, 3.05) is 14.1 Å². The Hall–Kier alpha value is -1.81. The molecular weight excluding hydrogens is 226 g/mol. The first-order valence-corrected chi connectivity index (χ1v) is 6.02. The normalized spacial score (nSPS) is 12.1. The lowest BCUT2D eigenvalue weighted by Crippen LogP contribution is -2.05. The van der Waals surface area contributed by atoms with Crippen LogP contribution in [0, 0.1) is 13.8 Å². The van der Waals surface area contributed by atoms with Crippen molar-refractivity contribution in [3.05, 3.63) is 46.7 Å². The summed E-state index contributed by atoms with van der Waals surface area (Å²) in [5.41, 5.74) is 4.24. The van der Waals surface area contributed by atoms with Gasteiger partial charge in [0.25, 0.3) is 0 Å². The van der Waals surface area contributed by atoms with Crippen LogP contribution in [0.3, 0.4) is 0 Å². The molecule has 0 saturated heterocycles. The van der Waals surface area contributed by atoms with E-state index in [9.17, 15) is 0 Å². The second-order valence-electron chi connectivity index (χ2n) is 4.31. The van der Waals surface area contributed by atoms with Crippen molar-refractivity contribution in [1.29, 1.82) is 0 Å². The summed E-state index contributed by atoms with van der Waals surface area (Å²) in [4.78, 5) is 7.52. The predicted octanol–water partition coefficient (Wildman–Crippen LogP) is 2.41. The highest BCUT2D eigenvalue weighted by Crippen LogP contribution is 2.20. The Kier molecular flexibility index (Phi) is 3.67. The molecule has 2 N–H and O–H groups in total. The molecule has 2 aromatic heterocycles. The fraction of sp³-hybridized carbons (Fsp3) is 0.357. The van der Waals surface area contributed by atoms with Crippen molar-refractivity contribution in [3.8, 4) is 0 Å². The van der Waals surface area contributed by atoms with E-state index in [2.05, 4.69) is 21.4 Å². The third-order valence-corrected chi connectivity index (χ3v) is 3.05. The van der Waals surface area contributed by atoms with E-state index in [1.807, 2.05) is 33.2 Å². The van der Waals surface area contributed by atoms with Crippen molar-refractivity contribution in [3.63, 3.8) is 0 Å². The lowest BCUT2D eigenvalue weighted by atomic mass is 10.1. The molecule has 0 fully saturated rings. The number of aliphatic imine (C=N–C) groups is 1. The number of H-pyrrole nitrogens is 1. The highest BCUT2D eigenvalue weighted by atomic mass is 16.3. The average Bonchev–Trinajstić information content (AvgIpc) is 2.90. The van der Waals surface area contributed by atoms with Gasteiger partial charge in [-0.2, -0.15) is 0 Å². The summed E-state index contributed by atoms with van der Waals surface area (Å²) in [6.07, 6.45) is 1.92. The van der Waals surface area contributed by atoms with Crippen molar-refractivity contribution in [2.45, 2.75) is 20.4 Å². The Bertz CT molecular complexity index is 563. The number of nitrogens with zero attached hydrogens (tertiary/aromatic N) is 1. The zero-order valence-electron chi connectivity index (χ0n) is 11.3. The third-order valence-electron chi connectivity index (χ3n) is 3.05. The van der Waals surface area contributed by atoms with Crippen LogP contribution >= 0.6 is 0 Å². The largest absolute Gasteiger partial charge is 0.459 e. The predicted molar refractivity (Wildman–Crippen MR) is 73.3 cm³/mol. The molecular formula is C14H19N3O. The highest BCUT2D eigenvalue weighted by molar-refractivity contribution is 6.12. The molecule has 4 heteroatoms. The zero-order chi connectivity index (χ0) is 13.1. The number of rotatable bonds is 4. The Morgan fingerprint density at radius 3 is 2.78 bits per heavy atom. The van der Waals surface area contributed by atoms with Gasteiger partial charge in [0.1, 0.15) is 11.5 Å². The smallest absolute Gasteiger partial charge is 0.153 e. The topological polar surface area (TPSA) is 53.3 Å². The quantitative estimate of drug-likeness (QED) is 0.813. The van der Waals surface area contributed by atoms with E-state index in [1.165, 1.54) is 5.56 Å². The van der Waals surface area contributed by atoms with Gasteiger partial charge in [0.05, 0.1) is 0 Å². The van der Waals surface area contributed by atoms with Crippen LogP contribution in [0.1, 0.15) is 28.3 Å². The maximum absolute atomic E-state index is 5.81.